The van der Waals surface area contributed by atoms with E-state index >= 15 is 0 Å². The van der Waals surface area contributed by atoms with Crippen LogP contribution in [0.5, 0.6) is 0 Å². The Morgan fingerprint density at radius 1 is 1.00 bits per heavy atom. The van der Waals surface area contributed by atoms with Gasteiger partial charge in [-0.2, -0.15) is 0 Å². The summed E-state index contributed by atoms with van der Waals surface area (Å²) >= 11 is 6.60. The second kappa shape index (κ2) is 10.2. The van der Waals surface area contributed by atoms with Crippen molar-refractivity contribution in [3.8, 4) is 0 Å². The number of rotatable bonds is 5. The number of aliphatic hydroxyl groups excluding tert-OH is 1. The molecule has 40 heavy (non-hydrogen) atoms. The van der Waals surface area contributed by atoms with Gasteiger partial charge in [-0.1, -0.05) is 73.2 Å². The second-order valence-electron chi connectivity index (χ2n) is 10.8. The van der Waals surface area contributed by atoms with Gasteiger partial charge in [0.05, 0.1) is 41.3 Å². The number of anilines is 2. The van der Waals surface area contributed by atoms with E-state index in [-0.39, 0.29) is 30.9 Å². The smallest absolute Gasteiger partial charge is 0.253 e. The number of ether oxygens (including phenoxy) is 1. The zero-order chi connectivity index (χ0) is 28.2. The van der Waals surface area contributed by atoms with Crippen LogP contribution in [0, 0.1) is 18.8 Å². The fourth-order valence-electron chi connectivity index (χ4n) is 6.89. The molecule has 2 saturated heterocycles. The lowest BCUT2D eigenvalue weighted by Crippen LogP contribution is -2.58. The zero-order valence-electron chi connectivity index (χ0n) is 22.4. The summed E-state index contributed by atoms with van der Waals surface area (Å²) < 4.78 is 6.70. The van der Waals surface area contributed by atoms with E-state index in [4.69, 9.17) is 16.3 Å². The fourth-order valence-corrected chi connectivity index (χ4v) is 7.21. The van der Waals surface area contributed by atoms with E-state index in [1.807, 2.05) is 74.5 Å². The van der Waals surface area contributed by atoms with Crippen molar-refractivity contribution in [3.05, 3.63) is 83.4 Å². The number of para-hydroxylation sites is 2. The third kappa shape index (κ3) is 3.84. The van der Waals surface area contributed by atoms with Crippen LogP contribution in [-0.4, -0.2) is 71.2 Å². The molecule has 4 aliphatic heterocycles. The predicted molar refractivity (Wildman–Crippen MR) is 152 cm³/mol. The fraction of sp³-hybridized carbons (Fsp3) is 0.387. The van der Waals surface area contributed by atoms with Gasteiger partial charge in [-0.25, -0.2) is 0 Å². The molecule has 3 amide bonds. The molecule has 8 nitrogen and oxygen atoms in total. The molecule has 0 saturated carbocycles. The molecule has 2 aromatic carbocycles. The maximum absolute atomic E-state index is 14.6. The highest BCUT2D eigenvalue weighted by Crippen LogP contribution is 2.54. The largest absolute Gasteiger partial charge is 0.394 e. The molecule has 9 heteroatoms. The van der Waals surface area contributed by atoms with Gasteiger partial charge in [-0.3, -0.25) is 14.4 Å². The Morgan fingerprint density at radius 3 is 2.45 bits per heavy atom. The lowest BCUT2D eigenvalue weighted by atomic mass is 9.77. The van der Waals surface area contributed by atoms with Crippen molar-refractivity contribution < 1.29 is 24.2 Å². The van der Waals surface area contributed by atoms with Crippen LogP contribution in [0.4, 0.5) is 11.4 Å². The average Bonchev–Trinajstić information content (AvgIpc) is 3.27. The summed E-state index contributed by atoms with van der Waals surface area (Å²) in [5, 5.41) is 10.7. The molecule has 0 aromatic heterocycles. The number of hydrogen-bond donors (Lipinski definition) is 1. The van der Waals surface area contributed by atoms with E-state index in [1.54, 1.807) is 21.9 Å². The molecule has 1 N–H and O–H groups in total. The standard InChI is InChI=1S/C31H32ClN3O5/c1-3-20(18-36)35-27-30(39)34(26-19(2)10-7-13-22(26)32)17-9-15-31(27)25(29(35)38)24-23(40-31)14-8-16-33(28(24)37)21-11-5-4-6-12-21/h4-15,20,23-25,27,36H,3,16-18H2,1-2H3/t20-,23+,24-,25-,27?,31-/m0/s1. The molecule has 4 aliphatic rings. The summed E-state index contributed by atoms with van der Waals surface area (Å²) in [4.78, 5) is 47.9. The lowest BCUT2D eigenvalue weighted by Gasteiger charge is -2.38. The van der Waals surface area contributed by atoms with E-state index < -0.39 is 35.6 Å². The molecular formula is C31H32ClN3O5. The van der Waals surface area contributed by atoms with Crippen LogP contribution in [0.15, 0.2) is 72.8 Å². The van der Waals surface area contributed by atoms with Crippen LogP contribution < -0.4 is 9.80 Å². The topological polar surface area (TPSA) is 90.4 Å². The highest BCUT2D eigenvalue weighted by molar-refractivity contribution is 6.34. The lowest BCUT2D eigenvalue weighted by molar-refractivity contribution is -0.144. The predicted octanol–water partition coefficient (Wildman–Crippen LogP) is 3.51. The summed E-state index contributed by atoms with van der Waals surface area (Å²) in [5.41, 5.74) is 0.741. The minimum atomic E-state index is -1.38. The zero-order valence-corrected chi connectivity index (χ0v) is 23.2. The van der Waals surface area contributed by atoms with E-state index in [9.17, 15) is 19.5 Å². The molecule has 2 aromatic rings. The van der Waals surface area contributed by atoms with Gasteiger partial charge in [0.2, 0.25) is 11.8 Å². The number of carbonyl (C=O) groups excluding carboxylic acids is 3. The Bertz CT molecular complexity index is 1390. The first-order valence-electron chi connectivity index (χ1n) is 13.7. The van der Waals surface area contributed by atoms with E-state index in [0.29, 0.717) is 23.7 Å². The van der Waals surface area contributed by atoms with Crippen molar-refractivity contribution in [2.45, 2.75) is 44.1 Å². The molecular weight excluding hydrogens is 530 g/mol. The van der Waals surface area contributed by atoms with Gasteiger partial charge in [-0.05, 0) is 37.1 Å². The van der Waals surface area contributed by atoms with Crippen LogP contribution in [0.1, 0.15) is 18.9 Å². The summed E-state index contributed by atoms with van der Waals surface area (Å²) in [6, 6.07) is 13.1. The number of likely N-dealkylation sites (tertiary alicyclic amines) is 1. The number of hydrogen-bond acceptors (Lipinski definition) is 5. The van der Waals surface area contributed by atoms with Gasteiger partial charge in [-0.15, -0.1) is 0 Å². The van der Waals surface area contributed by atoms with Crippen molar-refractivity contribution in [3.63, 3.8) is 0 Å². The summed E-state index contributed by atoms with van der Waals surface area (Å²) in [5.74, 6) is -2.70. The van der Waals surface area contributed by atoms with Gasteiger partial charge in [0.1, 0.15) is 11.6 Å². The van der Waals surface area contributed by atoms with Crippen LogP contribution in [-0.2, 0) is 19.1 Å². The molecule has 6 rings (SSSR count). The third-order valence-electron chi connectivity index (χ3n) is 8.70. The van der Waals surface area contributed by atoms with Crippen molar-refractivity contribution >= 4 is 40.7 Å². The van der Waals surface area contributed by atoms with E-state index in [2.05, 4.69) is 0 Å². The maximum Gasteiger partial charge on any atom is 0.253 e. The van der Waals surface area contributed by atoms with Crippen molar-refractivity contribution in [1.82, 2.24) is 4.90 Å². The average molecular weight is 562 g/mol. The van der Waals surface area contributed by atoms with Crippen LogP contribution in [0.25, 0.3) is 0 Å². The van der Waals surface area contributed by atoms with Crippen molar-refractivity contribution in [2.75, 3.05) is 29.5 Å². The van der Waals surface area contributed by atoms with Crippen molar-refractivity contribution in [2.24, 2.45) is 11.8 Å². The molecule has 2 fully saturated rings. The SMILES string of the molecule is CC[C@@H](CO)N1C(=O)[C@@H]2[C@H]3C(=O)N(c4ccccc4)CC=C[C@H]3O[C@@]23C=CCN(c2c(C)cccc2Cl)C(=O)C13. The number of carbonyl (C=O) groups is 3. The van der Waals surface area contributed by atoms with Crippen LogP contribution in [0.2, 0.25) is 5.02 Å². The number of nitrogens with zero attached hydrogens (tertiary/aromatic N) is 3. The minimum absolute atomic E-state index is 0.224. The number of amides is 3. The Balaban J connectivity index is 1.49. The van der Waals surface area contributed by atoms with Crippen LogP contribution >= 0.6 is 11.6 Å². The molecule has 0 bridgehead atoms. The molecule has 6 atom stereocenters. The van der Waals surface area contributed by atoms with Gasteiger partial charge < -0.3 is 24.5 Å². The Morgan fingerprint density at radius 2 is 1.75 bits per heavy atom. The van der Waals surface area contributed by atoms with Gasteiger partial charge in [0, 0.05) is 18.8 Å². The summed E-state index contributed by atoms with van der Waals surface area (Å²) in [7, 11) is 0. The van der Waals surface area contributed by atoms with E-state index in [1.165, 1.54) is 4.90 Å². The number of aryl methyl sites for hydroxylation is 1. The number of benzene rings is 2. The number of aliphatic hydroxyl groups is 1. The molecule has 0 aliphatic carbocycles. The maximum atomic E-state index is 14.6. The quantitative estimate of drug-likeness (QED) is 0.564. The molecule has 1 unspecified atom stereocenters. The normalized spacial score (nSPS) is 30.2. The monoisotopic (exact) mass is 561 g/mol. The summed E-state index contributed by atoms with van der Waals surface area (Å²) in [6.45, 7) is 4.01. The second-order valence-corrected chi connectivity index (χ2v) is 11.2. The highest BCUT2D eigenvalue weighted by Gasteiger charge is 2.72. The molecule has 4 heterocycles. The molecule has 208 valence electrons. The third-order valence-corrected chi connectivity index (χ3v) is 9.00. The van der Waals surface area contributed by atoms with Crippen molar-refractivity contribution in [1.29, 1.82) is 0 Å². The highest BCUT2D eigenvalue weighted by atomic mass is 35.5. The van der Waals surface area contributed by atoms with E-state index in [0.717, 1.165) is 11.3 Å². The van der Waals surface area contributed by atoms with Crippen LogP contribution in [0.3, 0.4) is 0 Å². The molecule has 1 spiro atoms. The summed E-state index contributed by atoms with van der Waals surface area (Å²) in [6.07, 6.45) is 7.11. The first-order chi connectivity index (χ1) is 19.3. The minimum Gasteiger partial charge on any atom is -0.394 e. The van der Waals surface area contributed by atoms with Gasteiger partial charge in [0.25, 0.3) is 5.91 Å². The first-order valence-corrected chi connectivity index (χ1v) is 14.1. The number of fused-ring (bicyclic) bond motifs is 2. The Labute approximate surface area is 238 Å². The molecule has 0 radical (unpaired) electrons. The Kier molecular flexibility index (Phi) is 6.81. The first kappa shape index (κ1) is 26.7. The Hall–Kier alpha value is -3.46. The van der Waals surface area contributed by atoms with Gasteiger partial charge >= 0.3 is 0 Å². The number of halogens is 1. The van der Waals surface area contributed by atoms with Gasteiger partial charge in [0.15, 0.2) is 0 Å².